The van der Waals surface area contributed by atoms with Gasteiger partial charge in [0.2, 0.25) is 11.8 Å². The Morgan fingerprint density at radius 3 is 2.54 bits per heavy atom. The summed E-state index contributed by atoms with van der Waals surface area (Å²) in [7, 11) is 0. The number of hydrogen-bond acceptors (Lipinski definition) is 5. The van der Waals surface area contributed by atoms with Crippen molar-refractivity contribution in [3.63, 3.8) is 0 Å². The molecule has 0 bridgehead atoms. The number of benzene rings is 1. The maximum atomic E-state index is 13.9. The van der Waals surface area contributed by atoms with Crippen LogP contribution in [0, 0.1) is 5.82 Å². The molecule has 8 nitrogen and oxygen atoms in total. The number of amides is 3. The maximum absolute atomic E-state index is 13.9. The highest BCUT2D eigenvalue weighted by Crippen LogP contribution is 2.31. The number of nitrogens with one attached hydrogen (secondary N) is 2. The van der Waals surface area contributed by atoms with Crippen molar-refractivity contribution in [1.82, 2.24) is 15.6 Å². The first-order valence-electron chi connectivity index (χ1n) is 11.2. The van der Waals surface area contributed by atoms with E-state index in [1.54, 1.807) is 18.2 Å². The average Bonchev–Trinajstić information content (AvgIpc) is 3.58. The van der Waals surface area contributed by atoms with E-state index in [0.717, 1.165) is 31.7 Å². The molecule has 2 N–H and O–H groups in total. The summed E-state index contributed by atoms with van der Waals surface area (Å²) in [6, 6.07) is 8.94. The number of aromatic nitrogens is 1. The Labute approximate surface area is 206 Å². The molecule has 0 aliphatic heterocycles. The van der Waals surface area contributed by atoms with Gasteiger partial charge in [-0.25, -0.2) is 4.39 Å². The highest BCUT2D eigenvalue weighted by atomic mass is 35.5. The van der Waals surface area contributed by atoms with E-state index in [-0.39, 0.29) is 22.5 Å². The van der Waals surface area contributed by atoms with E-state index in [1.807, 2.05) is 0 Å². The first-order chi connectivity index (χ1) is 16.9. The molecule has 1 aliphatic carbocycles. The number of pyridine rings is 1. The Morgan fingerprint density at radius 2 is 1.89 bits per heavy atom. The van der Waals surface area contributed by atoms with Crippen molar-refractivity contribution >= 4 is 35.0 Å². The number of hydrogen-bond donors (Lipinski definition) is 2. The lowest BCUT2D eigenvalue weighted by Crippen LogP contribution is -2.49. The van der Waals surface area contributed by atoms with Crippen LogP contribution in [0.25, 0.3) is 0 Å². The second-order valence-corrected chi connectivity index (χ2v) is 8.60. The van der Waals surface area contributed by atoms with E-state index in [2.05, 4.69) is 15.6 Å². The quantitative estimate of drug-likeness (QED) is 0.488. The van der Waals surface area contributed by atoms with Gasteiger partial charge in [-0.2, -0.15) is 0 Å². The first kappa shape index (κ1) is 24.4. The van der Waals surface area contributed by atoms with Crippen LogP contribution in [0.2, 0.25) is 5.02 Å². The summed E-state index contributed by atoms with van der Waals surface area (Å²) in [5, 5.41) is 5.33. The lowest BCUT2D eigenvalue weighted by atomic mass is 10.0. The van der Waals surface area contributed by atoms with E-state index in [4.69, 9.17) is 16.0 Å². The molecule has 1 aliphatic rings. The van der Waals surface area contributed by atoms with Crippen molar-refractivity contribution in [2.75, 3.05) is 11.4 Å². The minimum atomic E-state index is -1.10. The van der Waals surface area contributed by atoms with Crippen molar-refractivity contribution in [3.05, 3.63) is 83.3 Å². The molecule has 1 saturated carbocycles. The number of anilines is 1. The van der Waals surface area contributed by atoms with E-state index >= 15 is 0 Å². The molecular formula is C25H24ClFN4O4. The molecule has 35 heavy (non-hydrogen) atoms. The van der Waals surface area contributed by atoms with Crippen LogP contribution in [0.3, 0.4) is 0 Å². The van der Waals surface area contributed by atoms with Crippen LogP contribution in [0.1, 0.15) is 47.8 Å². The zero-order valence-electron chi connectivity index (χ0n) is 18.7. The zero-order chi connectivity index (χ0) is 24.8. The van der Waals surface area contributed by atoms with Crippen molar-refractivity contribution in [3.8, 4) is 0 Å². The largest absolute Gasteiger partial charge is 0.459 e. The van der Waals surface area contributed by atoms with Crippen molar-refractivity contribution in [1.29, 1.82) is 0 Å². The lowest BCUT2D eigenvalue weighted by Gasteiger charge is -2.32. The third-order valence-electron chi connectivity index (χ3n) is 5.83. The van der Waals surface area contributed by atoms with E-state index in [1.165, 1.54) is 41.8 Å². The molecule has 3 aromatic rings. The Balaban J connectivity index is 1.69. The Hall–Kier alpha value is -3.72. The molecule has 2 aromatic heterocycles. The third-order valence-corrected chi connectivity index (χ3v) is 6.11. The van der Waals surface area contributed by atoms with Gasteiger partial charge in [0.25, 0.3) is 5.91 Å². The summed E-state index contributed by atoms with van der Waals surface area (Å²) in [6.07, 6.45) is 8.11. The summed E-state index contributed by atoms with van der Waals surface area (Å²) in [6.45, 7) is -0.438. The van der Waals surface area contributed by atoms with Crippen LogP contribution in [0.4, 0.5) is 10.1 Å². The van der Waals surface area contributed by atoms with Gasteiger partial charge in [0.15, 0.2) is 5.76 Å². The van der Waals surface area contributed by atoms with Gasteiger partial charge in [-0.15, -0.1) is 0 Å². The summed E-state index contributed by atoms with van der Waals surface area (Å²) in [5.74, 6) is -2.20. The highest BCUT2D eigenvalue weighted by molar-refractivity contribution is 6.31. The second-order valence-electron chi connectivity index (χ2n) is 8.20. The van der Waals surface area contributed by atoms with Crippen LogP contribution in [0.5, 0.6) is 0 Å². The standard InChI is InChI=1S/C25H24ClFN4O4/c26-19-14-18(7-8-20(19)27)31(22(32)15-29-24(33)21-6-3-13-35-21)23(16-9-11-28-12-10-16)25(34)30-17-4-1-2-5-17/h3,6-14,17,23H,1-2,4-5,15H2,(H,29,33)(H,30,34). The fraction of sp³-hybridized carbons (Fsp3) is 0.280. The predicted molar refractivity (Wildman–Crippen MR) is 127 cm³/mol. The summed E-state index contributed by atoms with van der Waals surface area (Å²) in [5.41, 5.74) is 0.707. The zero-order valence-corrected chi connectivity index (χ0v) is 19.5. The molecule has 0 radical (unpaired) electrons. The molecule has 2 heterocycles. The lowest BCUT2D eigenvalue weighted by molar-refractivity contribution is -0.126. The molecule has 0 saturated heterocycles. The van der Waals surface area contributed by atoms with Gasteiger partial charge in [0.1, 0.15) is 11.9 Å². The number of carbonyl (C=O) groups is 3. The molecule has 10 heteroatoms. The summed E-state index contributed by atoms with van der Waals surface area (Å²) >= 11 is 6.02. The van der Waals surface area contributed by atoms with E-state index in [9.17, 15) is 18.8 Å². The number of rotatable bonds is 8. The Kier molecular flexibility index (Phi) is 7.77. The van der Waals surface area contributed by atoms with Gasteiger partial charge < -0.3 is 15.1 Å². The van der Waals surface area contributed by atoms with Gasteiger partial charge in [0, 0.05) is 24.1 Å². The minimum absolute atomic E-state index is 0.000694. The van der Waals surface area contributed by atoms with Gasteiger partial charge in [-0.05, 0) is 60.9 Å². The molecule has 1 unspecified atom stereocenters. The fourth-order valence-electron chi connectivity index (χ4n) is 4.12. The van der Waals surface area contributed by atoms with Gasteiger partial charge >= 0.3 is 0 Å². The molecule has 3 amide bonds. The molecule has 4 rings (SSSR count). The highest BCUT2D eigenvalue weighted by Gasteiger charge is 2.34. The topological polar surface area (TPSA) is 105 Å². The summed E-state index contributed by atoms with van der Waals surface area (Å²) < 4.78 is 19.0. The summed E-state index contributed by atoms with van der Waals surface area (Å²) in [4.78, 5) is 44.6. The van der Waals surface area contributed by atoms with Crippen LogP contribution < -0.4 is 15.5 Å². The molecule has 182 valence electrons. The van der Waals surface area contributed by atoms with Gasteiger partial charge in [0.05, 0.1) is 17.8 Å². The number of nitrogens with zero attached hydrogens (tertiary/aromatic N) is 2. The van der Waals surface area contributed by atoms with Crippen molar-refractivity contribution in [2.24, 2.45) is 0 Å². The smallest absolute Gasteiger partial charge is 0.287 e. The van der Waals surface area contributed by atoms with E-state index < -0.39 is 36.1 Å². The maximum Gasteiger partial charge on any atom is 0.287 e. The van der Waals surface area contributed by atoms with Crippen molar-refractivity contribution < 1.29 is 23.2 Å². The Bertz CT molecular complexity index is 1180. The van der Waals surface area contributed by atoms with Crippen LogP contribution in [-0.2, 0) is 9.59 Å². The van der Waals surface area contributed by atoms with Crippen LogP contribution in [-0.4, -0.2) is 35.3 Å². The third kappa shape index (κ3) is 5.86. The van der Waals surface area contributed by atoms with Crippen LogP contribution in [0.15, 0.2) is 65.5 Å². The number of carbonyl (C=O) groups excluding carboxylic acids is 3. The molecular weight excluding hydrogens is 475 g/mol. The van der Waals surface area contributed by atoms with E-state index in [0.29, 0.717) is 5.56 Å². The first-order valence-corrected chi connectivity index (χ1v) is 11.6. The molecule has 1 fully saturated rings. The second kappa shape index (κ2) is 11.1. The predicted octanol–water partition coefficient (Wildman–Crippen LogP) is 4.03. The SMILES string of the molecule is O=C(NCC(=O)N(c1ccc(F)c(Cl)c1)C(C(=O)NC1CCCC1)c1ccncc1)c1ccco1. The fourth-order valence-corrected chi connectivity index (χ4v) is 4.30. The molecule has 1 atom stereocenters. The monoisotopic (exact) mass is 498 g/mol. The molecule has 0 spiro atoms. The van der Waals surface area contributed by atoms with Gasteiger partial charge in [-0.3, -0.25) is 24.3 Å². The van der Waals surface area contributed by atoms with Crippen LogP contribution >= 0.6 is 11.6 Å². The van der Waals surface area contributed by atoms with Gasteiger partial charge in [-0.1, -0.05) is 24.4 Å². The Morgan fingerprint density at radius 1 is 1.14 bits per heavy atom. The normalized spacial score (nSPS) is 14.3. The number of halogens is 2. The average molecular weight is 499 g/mol. The number of furan rings is 1. The molecule has 1 aromatic carbocycles. The van der Waals surface area contributed by atoms with Crippen molar-refractivity contribution in [2.45, 2.75) is 37.8 Å². The minimum Gasteiger partial charge on any atom is -0.459 e.